The van der Waals surface area contributed by atoms with Gasteiger partial charge in [-0.3, -0.25) is 0 Å². The predicted octanol–water partition coefficient (Wildman–Crippen LogP) is 4.25. The maximum atomic E-state index is 12.4. The van der Waals surface area contributed by atoms with Crippen molar-refractivity contribution in [3.8, 4) is 0 Å². The molecule has 0 bridgehead atoms. The van der Waals surface area contributed by atoms with E-state index in [0.717, 1.165) is 16.7 Å². The number of allylic oxidation sites excluding steroid dienone is 2. The van der Waals surface area contributed by atoms with Crippen molar-refractivity contribution in [2.75, 3.05) is 0 Å². The predicted molar refractivity (Wildman–Crippen MR) is 77.0 cm³/mol. The molecule has 0 atom stereocenters. The molecule has 17 heavy (non-hydrogen) atoms. The summed E-state index contributed by atoms with van der Waals surface area (Å²) < 4.78 is 2.20. The molecule has 0 aliphatic heterocycles. The van der Waals surface area contributed by atoms with Gasteiger partial charge in [0.1, 0.15) is 0 Å². The first-order valence-electron chi connectivity index (χ1n) is 5.80. The third kappa shape index (κ3) is 4.50. The van der Waals surface area contributed by atoms with Gasteiger partial charge >= 0.3 is 108 Å². The van der Waals surface area contributed by atoms with Gasteiger partial charge in [0, 0.05) is 0 Å². The summed E-state index contributed by atoms with van der Waals surface area (Å²) in [5.74, 6) is 0.102. The van der Waals surface area contributed by atoms with Crippen LogP contribution in [0.1, 0.15) is 17.3 Å². The van der Waals surface area contributed by atoms with Gasteiger partial charge in [0.25, 0.3) is 0 Å². The number of Topliss-reactive ketones (excluding diaryl/α,β-unsaturated/α-hetero) is 1. The van der Waals surface area contributed by atoms with E-state index in [0.29, 0.717) is 0 Å². The van der Waals surface area contributed by atoms with E-state index in [2.05, 4.69) is 25.5 Å². The van der Waals surface area contributed by atoms with E-state index >= 15 is 0 Å². The van der Waals surface area contributed by atoms with Gasteiger partial charge in [-0.05, 0) is 0 Å². The van der Waals surface area contributed by atoms with E-state index < -0.39 is 18.4 Å². The maximum absolute atomic E-state index is 12.4. The summed E-state index contributed by atoms with van der Waals surface area (Å²) in [6.07, 6.45) is 0. The van der Waals surface area contributed by atoms with Crippen LogP contribution in [0.2, 0.25) is 14.8 Å². The Balaban J connectivity index is 3.15. The monoisotopic (exact) mass is 336 g/mol. The van der Waals surface area contributed by atoms with Gasteiger partial charge in [-0.2, -0.15) is 0 Å². The zero-order chi connectivity index (χ0) is 13.1. The minimum absolute atomic E-state index is 0.102. The summed E-state index contributed by atoms with van der Waals surface area (Å²) in [5, 5.41) is 0. The van der Waals surface area contributed by atoms with Crippen molar-refractivity contribution in [1.82, 2.24) is 0 Å². The molecule has 0 aromatic heterocycles. The van der Waals surface area contributed by atoms with Crippen molar-refractivity contribution >= 4 is 24.2 Å². The number of hydrogen-bond donors (Lipinski definition) is 0. The first kappa shape index (κ1) is 14.2. The van der Waals surface area contributed by atoms with Crippen LogP contribution in [0.3, 0.4) is 0 Å². The third-order valence-electron chi connectivity index (χ3n) is 2.32. The Morgan fingerprint density at radius 2 is 1.71 bits per heavy atom. The Morgan fingerprint density at radius 3 is 2.12 bits per heavy atom. The molecule has 2 heteroatoms. The molecule has 0 radical (unpaired) electrons. The first-order chi connectivity index (χ1) is 7.81. The average molecular weight is 335 g/mol. The molecule has 90 valence electrons. The molecule has 0 saturated carbocycles. The van der Waals surface area contributed by atoms with E-state index in [1.165, 1.54) is 0 Å². The van der Waals surface area contributed by atoms with Gasteiger partial charge in [0.05, 0.1) is 0 Å². The quantitative estimate of drug-likeness (QED) is 0.348. The van der Waals surface area contributed by atoms with Crippen molar-refractivity contribution in [2.24, 2.45) is 0 Å². The van der Waals surface area contributed by atoms with Crippen LogP contribution in [0.25, 0.3) is 0 Å². The van der Waals surface area contributed by atoms with Crippen LogP contribution in [0, 0.1) is 0 Å². The van der Waals surface area contributed by atoms with Crippen molar-refractivity contribution in [3.05, 3.63) is 57.7 Å². The molecule has 0 unspecified atom stereocenters. The Bertz CT molecular complexity index is 450. The van der Waals surface area contributed by atoms with Crippen LogP contribution in [0.15, 0.2) is 52.1 Å². The van der Waals surface area contributed by atoms with Crippen molar-refractivity contribution < 1.29 is 4.79 Å². The van der Waals surface area contributed by atoms with Gasteiger partial charge in [-0.15, -0.1) is 0 Å². The Kier molecular flexibility index (Phi) is 4.75. The Hall–Kier alpha value is -0.831. The molecule has 0 spiro atoms. The second kappa shape index (κ2) is 5.67. The molecule has 1 rings (SSSR count). The Morgan fingerprint density at radius 1 is 1.18 bits per heavy atom. The summed E-state index contributed by atoms with van der Waals surface area (Å²) in [6.45, 7) is 5.84. The summed E-state index contributed by atoms with van der Waals surface area (Å²) in [7, 11) is 0. The minimum atomic E-state index is -2.14. The normalized spacial score (nSPS) is 12.4. The second-order valence-corrected chi connectivity index (χ2v) is 19.7. The summed E-state index contributed by atoms with van der Waals surface area (Å²) in [5.41, 5.74) is 2.42. The van der Waals surface area contributed by atoms with E-state index in [9.17, 15) is 4.79 Å². The van der Waals surface area contributed by atoms with Crippen LogP contribution < -0.4 is 0 Å². The van der Waals surface area contributed by atoms with E-state index in [1.54, 1.807) is 0 Å². The number of hydrogen-bond acceptors (Lipinski definition) is 1. The molecule has 1 aromatic carbocycles. The van der Waals surface area contributed by atoms with Gasteiger partial charge in [0.2, 0.25) is 0 Å². The third-order valence-corrected chi connectivity index (χ3v) is 5.61. The van der Waals surface area contributed by atoms with Crippen LogP contribution in [0.4, 0.5) is 0 Å². The van der Waals surface area contributed by atoms with Crippen LogP contribution in [0.5, 0.6) is 0 Å². The Labute approximate surface area is 108 Å². The standard InChI is InChI=1S/C12H11O.3CH3.Sn/c1-9(2)10(3)12(13)11-7-5-4-6-8-11;;;;/h3-8H,1H2,2H3;3*1H3;. The van der Waals surface area contributed by atoms with Gasteiger partial charge in [0.15, 0.2) is 0 Å². The van der Waals surface area contributed by atoms with Gasteiger partial charge < -0.3 is 0 Å². The number of benzene rings is 1. The van der Waals surface area contributed by atoms with Crippen molar-refractivity contribution in [2.45, 2.75) is 21.7 Å². The molecule has 0 amide bonds. The van der Waals surface area contributed by atoms with Crippen LogP contribution in [-0.4, -0.2) is 24.2 Å². The SMILES string of the molecule is C=C(C)/C(=[CH]\[Sn]([CH3])([CH3])[CH3])C(=O)c1ccccc1. The molecular weight excluding hydrogens is 315 g/mol. The fourth-order valence-electron chi connectivity index (χ4n) is 1.56. The first-order valence-corrected chi connectivity index (χ1v) is 16.0. The summed E-state index contributed by atoms with van der Waals surface area (Å²) >= 11 is -2.14. The zero-order valence-corrected chi connectivity index (χ0v) is 13.9. The molecule has 0 N–H and O–H groups in total. The fourth-order valence-corrected chi connectivity index (χ4v) is 5.11. The average Bonchev–Trinajstić information content (AvgIpc) is 2.25. The summed E-state index contributed by atoms with van der Waals surface area (Å²) in [4.78, 5) is 19.2. The molecule has 0 saturated heterocycles. The molecule has 0 heterocycles. The topological polar surface area (TPSA) is 17.1 Å². The van der Waals surface area contributed by atoms with Crippen molar-refractivity contribution in [3.63, 3.8) is 0 Å². The number of carbonyl (C=O) groups is 1. The number of rotatable bonds is 4. The molecule has 0 aliphatic rings. The van der Waals surface area contributed by atoms with Crippen molar-refractivity contribution in [1.29, 1.82) is 0 Å². The van der Waals surface area contributed by atoms with Crippen LogP contribution >= 0.6 is 0 Å². The van der Waals surface area contributed by atoms with E-state index in [4.69, 9.17) is 0 Å². The summed E-state index contributed by atoms with van der Waals surface area (Å²) in [6, 6.07) is 9.42. The molecule has 1 nitrogen and oxygen atoms in total. The van der Waals surface area contributed by atoms with E-state index in [1.807, 2.05) is 37.3 Å². The van der Waals surface area contributed by atoms with E-state index in [-0.39, 0.29) is 5.78 Å². The van der Waals surface area contributed by atoms with Gasteiger partial charge in [-0.25, -0.2) is 0 Å². The number of ketones is 1. The zero-order valence-electron chi connectivity index (χ0n) is 11.1. The number of carbonyl (C=O) groups excluding carboxylic acids is 1. The molecule has 0 fully saturated rings. The molecular formula is C15H20OSn. The second-order valence-electron chi connectivity index (χ2n) is 5.40. The molecule has 0 aliphatic carbocycles. The molecule has 1 aromatic rings. The fraction of sp³-hybridized carbons (Fsp3) is 0.267. The van der Waals surface area contributed by atoms with Gasteiger partial charge in [-0.1, -0.05) is 0 Å². The van der Waals surface area contributed by atoms with Crippen LogP contribution in [-0.2, 0) is 0 Å².